The van der Waals surface area contributed by atoms with Gasteiger partial charge < -0.3 is 9.47 Å². The van der Waals surface area contributed by atoms with E-state index in [0.29, 0.717) is 0 Å². The van der Waals surface area contributed by atoms with E-state index in [1.165, 1.54) is 81.0 Å². The van der Waals surface area contributed by atoms with Gasteiger partial charge in [-0.3, -0.25) is 0 Å². The fourth-order valence-corrected chi connectivity index (χ4v) is 9.61. The lowest BCUT2D eigenvalue weighted by atomic mass is 9.98. The Labute approximate surface area is 335 Å². The van der Waals surface area contributed by atoms with Gasteiger partial charge in [-0.25, -0.2) is 0 Å². The summed E-state index contributed by atoms with van der Waals surface area (Å²) in [7, 11) is 0. The van der Waals surface area contributed by atoms with Gasteiger partial charge >= 0.3 is 0 Å². The largest absolute Gasteiger partial charge is 0.310 e. The molecule has 2 nitrogen and oxygen atoms in total. The van der Waals surface area contributed by atoms with E-state index in [1.807, 2.05) is 11.3 Å². The van der Waals surface area contributed by atoms with Crippen molar-refractivity contribution in [2.24, 2.45) is 0 Å². The lowest BCUT2D eigenvalue weighted by Crippen LogP contribution is -2.09. The van der Waals surface area contributed by atoms with Crippen LogP contribution in [0.2, 0.25) is 0 Å². The Balaban J connectivity index is 0.948. The maximum Gasteiger partial charge on any atom is 0.0541 e. The molecular weight excluding hydrogens is 709 g/mol. The van der Waals surface area contributed by atoms with Crippen LogP contribution in [0.3, 0.4) is 0 Å². The molecule has 268 valence electrons. The van der Waals surface area contributed by atoms with Crippen molar-refractivity contribution in [2.75, 3.05) is 4.90 Å². The highest BCUT2D eigenvalue weighted by Crippen LogP contribution is 2.42. The van der Waals surface area contributed by atoms with Gasteiger partial charge in [-0.05, 0) is 88.5 Å². The topological polar surface area (TPSA) is 8.17 Å². The molecule has 2 aromatic heterocycles. The normalized spacial score (nSPS) is 11.5. The summed E-state index contributed by atoms with van der Waals surface area (Å²) < 4.78 is 5.01. The van der Waals surface area contributed by atoms with E-state index in [0.717, 1.165) is 17.1 Å². The zero-order valence-electron chi connectivity index (χ0n) is 31.1. The van der Waals surface area contributed by atoms with Crippen molar-refractivity contribution in [1.82, 2.24) is 4.57 Å². The molecule has 0 saturated carbocycles. The molecule has 9 aromatic carbocycles. The molecule has 0 bridgehead atoms. The molecule has 0 unspecified atom stereocenters. The highest BCUT2D eigenvalue weighted by atomic mass is 32.1. The molecule has 0 aliphatic rings. The van der Waals surface area contributed by atoms with Crippen molar-refractivity contribution >= 4 is 70.4 Å². The molecule has 2 heterocycles. The van der Waals surface area contributed by atoms with Crippen LogP contribution in [0.15, 0.2) is 218 Å². The third kappa shape index (κ3) is 5.80. The smallest absolute Gasteiger partial charge is 0.0541 e. The van der Waals surface area contributed by atoms with Crippen LogP contribution in [0.25, 0.3) is 81.0 Å². The van der Waals surface area contributed by atoms with E-state index in [4.69, 9.17) is 0 Å². The Morgan fingerprint density at radius 3 is 1.42 bits per heavy atom. The number of hydrogen-bond donors (Lipinski definition) is 0. The highest BCUT2D eigenvalue weighted by Gasteiger charge is 2.17. The number of anilines is 3. The fraction of sp³-hybridized carbons (Fsp3) is 0. The predicted molar refractivity (Wildman–Crippen MR) is 245 cm³/mol. The number of para-hydroxylation sites is 3. The summed E-state index contributed by atoms with van der Waals surface area (Å²) in [5.74, 6) is 0. The standard InChI is InChI=1S/C54H36N2S/c1-2-12-37(13-3-1)39-26-30-42(31-27-39)55(44-34-35-49-48-17-7-11-21-53(48)57-54(49)36-44)43-32-28-40(29-33-43)38-22-24-41(25-23-38)45-14-4-8-18-50(45)56-51-19-9-5-15-46(51)47-16-6-10-20-52(47)56/h1-36H. The molecule has 57 heavy (non-hydrogen) atoms. The summed E-state index contributed by atoms with van der Waals surface area (Å²) in [6, 6.07) is 79.3. The lowest BCUT2D eigenvalue weighted by Gasteiger charge is -2.26. The quantitative estimate of drug-likeness (QED) is 0.158. The van der Waals surface area contributed by atoms with E-state index >= 15 is 0 Å². The number of nitrogens with zero attached hydrogens (tertiary/aromatic N) is 2. The molecule has 11 aromatic rings. The number of rotatable bonds is 7. The average molecular weight is 745 g/mol. The van der Waals surface area contributed by atoms with E-state index in [1.54, 1.807) is 0 Å². The van der Waals surface area contributed by atoms with Gasteiger partial charge in [-0.15, -0.1) is 11.3 Å². The molecule has 11 rings (SSSR count). The minimum Gasteiger partial charge on any atom is -0.310 e. The van der Waals surface area contributed by atoms with Gasteiger partial charge in [-0.1, -0.05) is 158 Å². The van der Waals surface area contributed by atoms with Crippen molar-refractivity contribution in [3.8, 4) is 39.1 Å². The molecule has 0 N–H and O–H groups in total. The van der Waals surface area contributed by atoms with Gasteiger partial charge in [0.05, 0.1) is 16.7 Å². The number of aromatic nitrogens is 1. The van der Waals surface area contributed by atoms with Gasteiger partial charge in [-0.2, -0.15) is 0 Å². The van der Waals surface area contributed by atoms with E-state index in [-0.39, 0.29) is 0 Å². The first kappa shape index (κ1) is 33.2. The number of hydrogen-bond acceptors (Lipinski definition) is 2. The first-order valence-electron chi connectivity index (χ1n) is 19.4. The molecule has 0 atom stereocenters. The molecule has 0 radical (unpaired) electrons. The van der Waals surface area contributed by atoms with Gasteiger partial charge in [0.1, 0.15) is 0 Å². The molecule has 0 saturated heterocycles. The number of fused-ring (bicyclic) bond motifs is 6. The molecule has 0 fully saturated rings. The summed E-state index contributed by atoms with van der Waals surface area (Å²) in [5, 5.41) is 5.15. The second kappa shape index (κ2) is 13.8. The maximum absolute atomic E-state index is 2.41. The Kier molecular flexibility index (Phi) is 8.04. The maximum atomic E-state index is 2.41. The first-order chi connectivity index (χ1) is 28.3. The summed E-state index contributed by atoms with van der Waals surface area (Å²) in [5.41, 5.74) is 14.2. The van der Waals surface area contributed by atoms with Crippen LogP contribution in [0, 0.1) is 0 Å². The Morgan fingerprint density at radius 2 is 0.772 bits per heavy atom. The first-order valence-corrected chi connectivity index (χ1v) is 20.2. The van der Waals surface area contributed by atoms with Crippen LogP contribution in [-0.4, -0.2) is 4.57 Å². The summed E-state index contributed by atoms with van der Waals surface area (Å²) in [6.45, 7) is 0. The van der Waals surface area contributed by atoms with E-state index in [9.17, 15) is 0 Å². The van der Waals surface area contributed by atoms with Crippen molar-refractivity contribution < 1.29 is 0 Å². The Bertz CT molecular complexity index is 3160. The zero-order valence-corrected chi connectivity index (χ0v) is 31.9. The predicted octanol–water partition coefficient (Wildman–Crippen LogP) is 15.6. The van der Waals surface area contributed by atoms with Gasteiger partial charge in [0.15, 0.2) is 0 Å². The SMILES string of the molecule is c1ccc(-c2ccc(N(c3ccc(-c4ccc(-c5ccccc5-n5c6ccccc6c6ccccc65)cc4)cc3)c3ccc4c(c3)sc3ccccc34)cc2)cc1. The average Bonchev–Trinajstić information content (AvgIpc) is 3.83. The minimum absolute atomic E-state index is 1.11. The van der Waals surface area contributed by atoms with Gasteiger partial charge in [0, 0.05) is 53.6 Å². The molecule has 0 aliphatic heterocycles. The molecule has 0 amide bonds. The van der Waals surface area contributed by atoms with Crippen LogP contribution >= 0.6 is 11.3 Å². The minimum atomic E-state index is 1.11. The third-order valence-electron chi connectivity index (χ3n) is 11.2. The third-order valence-corrected chi connectivity index (χ3v) is 12.4. The molecule has 0 spiro atoms. The molecular formula is C54H36N2S. The monoisotopic (exact) mass is 744 g/mol. The van der Waals surface area contributed by atoms with Crippen molar-refractivity contribution in [3.05, 3.63) is 218 Å². The van der Waals surface area contributed by atoms with Crippen LogP contribution in [0.1, 0.15) is 0 Å². The van der Waals surface area contributed by atoms with Crippen LogP contribution in [0.5, 0.6) is 0 Å². The zero-order chi connectivity index (χ0) is 37.7. The van der Waals surface area contributed by atoms with Crippen molar-refractivity contribution in [2.45, 2.75) is 0 Å². The summed E-state index contributed by atoms with van der Waals surface area (Å²) >= 11 is 1.86. The van der Waals surface area contributed by atoms with Crippen LogP contribution in [0.4, 0.5) is 17.1 Å². The highest BCUT2D eigenvalue weighted by molar-refractivity contribution is 7.25. The second-order valence-corrected chi connectivity index (χ2v) is 15.6. The number of thiophene rings is 1. The lowest BCUT2D eigenvalue weighted by molar-refractivity contribution is 1.18. The van der Waals surface area contributed by atoms with Gasteiger partial charge in [0.25, 0.3) is 0 Å². The Morgan fingerprint density at radius 1 is 0.316 bits per heavy atom. The molecule has 0 aliphatic carbocycles. The summed E-state index contributed by atoms with van der Waals surface area (Å²) in [6.07, 6.45) is 0. The molecule has 3 heteroatoms. The number of benzene rings is 9. The van der Waals surface area contributed by atoms with Gasteiger partial charge in [0.2, 0.25) is 0 Å². The summed E-state index contributed by atoms with van der Waals surface area (Å²) in [4.78, 5) is 2.37. The Hall–Kier alpha value is -7.20. The van der Waals surface area contributed by atoms with Crippen LogP contribution in [-0.2, 0) is 0 Å². The van der Waals surface area contributed by atoms with Crippen LogP contribution < -0.4 is 4.90 Å². The second-order valence-electron chi connectivity index (χ2n) is 14.5. The van der Waals surface area contributed by atoms with Crippen molar-refractivity contribution in [1.29, 1.82) is 0 Å². The fourth-order valence-electron chi connectivity index (χ4n) is 8.47. The van der Waals surface area contributed by atoms with E-state index < -0.39 is 0 Å². The van der Waals surface area contributed by atoms with E-state index in [2.05, 4.69) is 228 Å². The van der Waals surface area contributed by atoms with Crippen molar-refractivity contribution in [3.63, 3.8) is 0 Å².